The third kappa shape index (κ3) is 17.7. The van der Waals surface area contributed by atoms with Crippen molar-refractivity contribution in [3.05, 3.63) is 0 Å². The summed E-state index contributed by atoms with van der Waals surface area (Å²) >= 11 is 6.22. The molecule has 0 aliphatic carbocycles. The summed E-state index contributed by atoms with van der Waals surface area (Å²) in [7, 11) is 0. The summed E-state index contributed by atoms with van der Waals surface area (Å²) in [5.41, 5.74) is 0. The average Bonchev–Trinajstić information content (AvgIpc) is 0.918. The molecule has 0 atom stereocenters. The number of rotatable bonds is 0. The fourth-order valence-corrected chi connectivity index (χ4v) is 0. The first-order valence-corrected chi connectivity index (χ1v) is 17.2. The fraction of sp³-hybridized carbons (Fsp3) is 0. The Kier molecular flexibility index (Phi) is 51.8. The van der Waals surface area contributed by atoms with Gasteiger partial charge in [0.05, 0.1) is 0 Å². The van der Waals surface area contributed by atoms with Crippen molar-refractivity contribution in [3.63, 3.8) is 0 Å². The molecule has 26 valence electrons. The van der Waals surface area contributed by atoms with Crippen LogP contribution in [-0.2, 0) is 0 Å². The minimum atomic E-state index is -0.292. The number of hydrogen-bond acceptors (Lipinski definition) is 0. The quantitative estimate of drug-likeness (QED) is 0.188. The van der Waals surface area contributed by atoms with Crippen LogP contribution in [0.4, 0.5) is 0 Å². The van der Waals surface area contributed by atoms with Crippen LogP contribution in [0.2, 0.25) is 0 Å². The van der Waals surface area contributed by atoms with Crippen molar-refractivity contribution in [3.8, 4) is 0 Å². The predicted octanol–water partition coefficient (Wildman–Crippen LogP) is -4.68. The normalized spacial score (nSPS) is 3.60. The van der Waals surface area contributed by atoms with E-state index >= 15 is 0 Å². The van der Waals surface area contributed by atoms with Crippen molar-refractivity contribution in [2.75, 3.05) is 0 Å². The molecule has 0 unspecified atom stereocenters. The summed E-state index contributed by atoms with van der Waals surface area (Å²) in [6.07, 6.45) is 0. The van der Waals surface area contributed by atoms with Gasteiger partial charge in [-0.1, -0.05) is 0 Å². The first kappa shape index (κ1) is 16.3. The molecule has 2 radical (unpaired) electrons. The largest absolute Gasteiger partial charge is 1.00 e. The summed E-state index contributed by atoms with van der Waals surface area (Å²) in [5, 5.41) is 0. The second kappa shape index (κ2) is 15.9. The van der Waals surface area contributed by atoms with E-state index in [1.807, 2.05) is 0 Å². The van der Waals surface area contributed by atoms with E-state index in [0.29, 0.717) is 0 Å². The zero-order chi connectivity index (χ0) is 2.71. The molecular weight excluding hydrogens is 627 g/mol. The van der Waals surface area contributed by atoms with Crippen LogP contribution in [0.5, 0.6) is 0 Å². The Morgan fingerprint density at radius 2 is 1.20 bits per heavy atom. The third-order valence-electron chi connectivity index (χ3n) is 0. The van der Waals surface area contributed by atoms with E-state index in [-0.39, 0.29) is 112 Å². The molecule has 5 heteroatoms. The van der Waals surface area contributed by atoms with Gasteiger partial charge in [-0.2, -0.15) is 0 Å². The molecule has 0 spiro atoms. The standard InChI is InChI=1S/2BrH.Cs.HI.Pb/h2*1H;;1H;/q;;+1;;+2/p-3. The van der Waals surface area contributed by atoms with Crippen LogP contribution in [0.1, 0.15) is 0 Å². The van der Waals surface area contributed by atoms with Crippen LogP contribution in [0.25, 0.3) is 0 Å². The monoisotopic (exact) mass is 626 g/mol. The summed E-state index contributed by atoms with van der Waals surface area (Å²) in [6, 6.07) is 0. The van der Waals surface area contributed by atoms with Crippen molar-refractivity contribution in [2.45, 2.75) is 0 Å². The van der Waals surface area contributed by atoms with Crippen molar-refractivity contribution in [1.82, 2.24) is 0 Å². The summed E-state index contributed by atoms with van der Waals surface area (Å²) < 4.78 is 0. The Bertz CT molecular complexity index is 9.61. The molecule has 0 aliphatic heterocycles. The van der Waals surface area contributed by atoms with E-state index in [1.165, 1.54) is 0 Å². The van der Waals surface area contributed by atoms with E-state index in [2.05, 4.69) is 24.0 Å². The van der Waals surface area contributed by atoms with Gasteiger partial charge in [-0.3, -0.25) is 0 Å². The van der Waals surface area contributed by atoms with Gasteiger partial charge in [0.1, 0.15) is 0 Å². The predicted molar refractivity (Wildman–Crippen MR) is 23.6 cm³/mol. The summed E-state index contributed by atoms with van der Waals surface area (Å²) in [5.74, 6) is 0. The Balaban J connectivity index is -0.0000000200. The molecule has 0 N–H and O–H groups in total. The molecule has 0 aromatic heterocycles. The minimum absolute atomic E-state index is 0. The number of halogens is 3. The van der Waals surface area contributed by atoms with Gasteiger partial charge in [-0.15, -0.1) is 0 Å². The molecular formula is Br2CsIPb. The van der Waals surface area contributed by atoms with Gasteiger partial charge in [0.15, 0.2) is 0 Å². The topological polar surface area (TPSA) is 0 Å². The van der Waals surface area contributed by atoms with Gasteiger partial charge in [-0.05, 0) is 0 Å². The molecule has 0 fully saturated rings. The first-order chi connectivity index (χ1) is 1.41. The summed E-state index contributed by atoms with van der Waals surface area (Å²) in [6.45, 7) is 0. The summed E-state index contributed by atoms with van der Waals surface area (Å²) in [4.78, 5) is 0. The molecule has 0 aromatic rings. The van der Waals surface area contributed by atoms with E-state index in [0.717, 1.165) is 0 Å². The van der Waals surface area contributed by atoms with Crippen molar-refractivity contribution in [1.29, 1.82) is 0 Å². The van der Waals surface area contributed by atoms with E-state index in [1.54, 1.807) is 0 Å². The third-order valence-corrected chi connectivity index (χ3v) is 0. The van der Waals surface area contributed by atoms with Gasteiger partial charge in [0.2, 0.25) is 0 Å². The van der Waals surface area contributed by atoms with Gasteiger partial charge in [-0.25, -0.2) is 0 Å². The van der Waals surface area contributed by atoms with Crippen molar-refractivity contribution < 1.29 is 92.9 Å². The maximum absolute atomic E-state index is 3.26. The van der Waals surface area contributed by atoms with Gasteiger partial charge >= 0.3 is 112 Å². The molecule has 0 aromatic carbocycles. The van der Waals surface area contributed by atoms with Gasteiger partial charge in [0.25, 0.3) is 0 Å². The van der Waals surface area contributed by atoms with Gasteiger partial charge < -0.3 is 24.0 Å². The van der Waals surface area contributed by atoms with E-state index in [9.17, 15) is 0 Å². The average molecular weight is 627 g/mol. The SMILES string of the molecule is [Br][Pb][Br].[Cs+].[I-]. The van der Waals surface area contributed by atoms with Crippen LogP contribution in [0.15, 0.2) is 0 Å². The Morgan fingerprint density at radius 1 is 1.20 bits per heavy atom. The number of hydrogen-bond donors (Lipinski definition) is 0. The molecule has 5 heavy (non-hydrogen) atoms. The van der Waals surface area contributed by atoms with Crippen LogP contribution < -0.4 is 92.9 Å². The van der Waals surface area contributed by atoms with Crippen LogP contribution >= 0.6 is 24.0 Å². The second-order valence-corrected chi connectivity index (χ2v) is 16.9. The van der Waals surface area contributed by atoms with Gasteiger partial charge in [0, 0.05) is 0 Å². The zero-order valence-electron chi connectivity index (χ0n) is 2.63. The molecule has 0 rings (SSSR count). The molecule has 0 saturated heterocycles. The van der Waals surface area contributed by atoms with Crippen LogP contribution in [-0.4, -0.2) is 19.4 Å². The molecule has 0 nitrogen and oxygen atoms in total. The zero-order valence-corrected chi connectivity index (χ0v) is 18.1. The molecule has 0 aliphatic rings. The van der Waals surface area contributed by atoms with Crippen molar-refractivity contribution in [2.24, 2.45) is 0 Å². The Morgan fingerprint density at radius 3 is 1.20 bits per heavy atom. The minimum Gasteiger partial charge on any atom is -1.00 e. The Hall–Kier alpha value is 4.66. The smallest absolute Gasteiger partial charge is 1.00 e. The molecule has 0 heterocycles. The second-order valence-electron chi connectivity index (χ2n) is 0.0714. The fourth-order valence-electron chi connectivity index (χ4n) is 0. The maximum atomic E-state index is 3.26. The van der Waals surface area contributed by atoms with E-state index in [4.69, 9.17) is 0 Å². The first-order valence-electron chi connectivity index (χ1n) is 0.378. The maximum Gasteiger partial charge on any atom is 1.00 e. The Labute approximate surface area is 131 Å². The molecule has 0 bridgehead atoms. The van der Waals surface area contributed by atoms with Crippen molar-refractivity contribution >= 4 is 43.4 Å². The molecule has 0 amide bonds. The van der Waals surface area contributed by atoms with Crippen LogP contribution in [0, 0.1) is 0 Å². The van der Waals surface area contributed by atoms with Crippen LogP contribution in [0.3, 0.4) is 0 Å². The van der Waals surface area contributed by atoms with E-state index < -0.39 is 0 Å². The molecule has 0 saturated carbocycles.